The van der Waals surface area contributed by atoms with Crippen LogP contribution in [0.25, 0.3) is 10.1 Å². The van der Waals surface area contributed by atoms with E-state index in [1.54, 1.807) is 0 Å². The minimum absolute atomic E-state index is 0.0656. The van der Waals surface area contributed by atoms with Gasteiger partial charge in [-0.25, -0.2) is 0 Å². The second-order valence-corrected chi connectivity index (χ2v) is 6.67. The number of carbonyl (C=O) groups is 1. The molecule has 3 nitrogen and oxygen atoms in total. The zero-order valence-corrected chi connectivity index (χ0v) is 14.1. The molecule has 0 aliphatic heterocycles. The van der Waals surface area contributed by atoms with Crippen LogP contribution in [0.3, 0.4) is 0 Å². The van der Waals surface area contributed by atoms with E-state index in [1.807, 2.05) is 24.0 Å². The molecule has 0 saturated heterocycles. The lowest BCUT2D eigenvalue weighted by molar-refractivity contribution is 0.0747. The first-order chi connectivity index (χ1) is 9.99. The fourth-order valence-electron chi connectivity index (χ4n) is 2.44. The minimum atomic E-state index is 0.0656. The first kappa shape index (κ1) is 15.8. The number of benzene rings is 1. The Hall–Kier alpha value is -1.55. The number of aryl methyl sites for hydroxylation is 1. The van der Waals surface area contributed by atoms with Crippen molar-refractivity contribution in [1.29, 1.82) is 0 Å². The Balaban J connectivity index is 2.38. The van der Waals surface area contributed by atoms with Crippen molar-refractivity contribution in [2.45, 2.75) is 34.1 Å². The summed E-state index contributed by atoms with van der Waals surface area (Å²) in [7, 11) is 0. The molecule has 1 aromatic heterocycles. The van der Waals surface area contributed by atoms with Gasteiger partial charge in [0.15, 0.2) is 0 Å². The molecule has 0 aliphatic rings. The Morgan fingerprint density at radius 1 is 1.38 bits per heavy atom. The van der Waals surface area contributed by atoms with Gasteiger partial charge in [0, 0.05) is 23.2 Å². The van der Waals surface area contributed by atoms with E-state index in [0.29, 0.717) is 16.5 Å². The van der Waals surface area contributed by atoms with E-state index in [2.05, 4.69) is 26.8 Å². The Morgan fingerprint density at radius 2 is 2.10 bits per heavy atom. The van der Waals surface area contributed by atoms with Gasteiger partial charge < -0.3 is 10.6 Å². The number of rotatable bonds is 5. The summed E-state index contributed by atoms with van der Waals surface area (Å²) in [4.78, 5) is 15.4. The fourth-order valence-corrected chi connectivity index (χ4v) is 3.60. The van der Waals surface area contributed by atoms with Crippen molar-refractivity contribution in [3.63, 3.8) is 0 Å². The van der Waals surface area contributed by atoms with Gasteiger partial charge in [-0.3, -0.25) is 4.79 Å². The normalized spacial score (nSPS) is 12.6. The number of nitrogens with zero attached hydrogens (tertiary/aromatic N) is 1. The number of hydrogen-bond acceptors (Lipinski definition) is 3. The summed E-state index contributed by atoms with van der Waals surface area (Å²) in [5.41, 5.74) is 8.03. The molecular formula is C17H24N2OS. The second-order valence-electron chi connectivity index (χ2n) is 5.65. The van der Waals surface area contributed by atoms with Crippen LogP contribution >= 0.6 is 11.3 Å². The number of nitrogens with two attached hydrogens (primary N) is 1. The van der Waals surface area contributed by atoms with Crippen LogP contribution in [0.2, 0.25) is 0 Å². The molecule has 1 atom stereocenters. The first-order valence-electron chi connectivity index (χ1n) is 7.56. The molecule has 114 valence electrons. The SMILES string of the molecule is CCC(C)CN(CC)C(=O)c1sc2c(C)cccc2c1N. The molecule has 0 radical (unpaired) electrons. The number of fused-ring (bicyclic) bond motifs is 1. The zero-order chi connectivity index (χ0) is 15.6. The van der Waals surface area contributed by atoms with Crippen LogP contribution in [0.15, 0.2) is 18.2 Å². The Kier molecular flexibility index (Phi) is 4.88. The predicted molar refractivity (Wildman–Crippen MR) is 92.0 cm³/mol. The summed E-state index contributed by atoms with van der Waals surface area (Å²) in [6.07, 6.45) is 1.07. The number of thiophene rings is 1. The van der Waals surface area contributed by atoms with Gasteiger partial charge in [-0.1, -0.05) is 38.5 Å². The van der Waals surface area contributed by atoms with Crippen LogP contribution < -0.4 is 5.73 Å². The Bertz CT molecular complexity index is 648. The van der Waals surface area contributed by atoms with E-state index < -0.39 is 0 Å². The third-order valence-electron chi connectivity index (χ3n) is 4.04. The fraction of sp³-hybridized carbons (Fsp3) is 0.471. The highest BCUT2D eigenvalue weighted by atomic mass is 32.1. The average Bonchev–Trinajstić information content (AvgIpc) is 2.82. The van der Waals surface area contributed by atoms with Crippen molar-refractivity contribution >= 4 is 33.0 Å². The summed E-state index contributed by atoms with van der Waals surface area (Å²) in [6, 6.07) is 6.05. The van der Waals surface area contributed by atoms with Crippen LogP contribution in [0.4, 0.5) is 5.69 Å². The van der Waals surface area contributed by atoms with Gasteiger partial charge in [0.1, 0.15) is 4.88 Å². The van der Waals surface area contributed by atoms with E-state index in [9.17, 15) is 4.79 Å². The van der Waals surface area contributed by atoms with Gasteiger partial charge in [0.05, 0.1) is 5.69 Å². The maximum atomic E-state index is 12.8. The smallest absolute Gasteiger partial charge is 0.266 e. The topological polar surface area (TPSA) is 46.3 Å². The van der Waals surface area contributed by atoms with E-state index in [1.165, 1.54) is 16.9 Å². The number of anilines is 1. The third kappa shape index (κ3) is 3.05. The highest BCUT2D eigenvalue weighted by Crippen LogP contribution is 2.36. The first-order valence-corrected chi connectivity index (χ1v) is 8.38. The van der Waals surface area contributed by atoms with Crippen molar-refractivity contribution in [3.8, 4) is 0 Å². The van der Waals surface area contributed by atoms with Gasteiger partial charge in [0.25, 0.3) is 5.91 Å². The highest BCUT2D eigenvalue weighted by Gasteiger charge is 2.22. The molecule has 21 heavy (non-hydrogen) atoms. The molecule has 1 unspecified atom stereocenters. The van der Waals surface area contributed by atoms with E-state index in [0.717, 1.165) is 29.6 Å². The van der Waals surface area contributed by atoms with Gasteiger partial charge in [-0.05, 0) is 25.3 Å². The molecular weight excluding hydrogens is 280 g/mol. The molecule has 2 aromatic rings. The molecule has 0 bridgehead atoms. The van der Waals surface area contributed by atoms with Crippen LogP contribution in [0.5, 0.6) is 0 Å². The molecule has 0 saturated carbocycles. The Labute approximate surface area is 130 Å². The summed E-state index contributed by atoms with van der Waals surface area (Å²) < 4.78 is 1.12. The maximum Gasteiger partial charge on any atom is 0.266 e. The molecule has 2 rings (SSSR count). The Morgan fingerprint density at radius 3 is 2.67 bits per heavy atom. The van der Waals surface area contributed by atoms with Gasteiger partial charge >= 0.3 is 0 Å². The minimum Gasteiger partial charge on any atom is -0.397 e. The molecule has 1 aromatic carbocycles. The number of carbonyl (C=O) groups excluding carboxylic acids is 1. The van der Waals surface area contributed by atoms with Gasteiger partial charge in [0.2, 0.25) is 0 Å². The van der Waals surface area contributed by atoms with E-state index in [-0.39, 0.29) is 5.91 Å². The molecule has 0 spiro atoms. The summed E-state index contributed by atoms with van der Waals surface area (Å²) >= 11 is 1.52. The second kappa shape index (κ2) is 6.48. The van der Waals surface area contributed by atoms with E-state index in [4.69, 9.17) is 5.73 Å². The predicted octanol–water partition coefficient (Wildman–Crippen LogP) is 4.30. The zero-order valence-electron chi connectivity index (χ0n) is 13.3. The molecule has 1 heterocycles. The summed E-state index contributed by atoms with van der Waals surface area (Å²) in [6.45, 7) is 9.92. The van der Waals surface area contributed by atoms with E-state index >= 15 is 0 Å². The van der Waals surface area contributed by atoms with Crippen LogP contribution in [0.1, 0.15) is 42.4 Å². The lowest BCUT2D eigenvalue weighted by atomic mass is 10.1. The van der Waals surface area contributed by atoms with Crippen LogP contribution in [-0.4, -0.2) is 23.9 Å². The highest BCUT2D eigenvalue weighted by molar-refractivity contribution is 7.21. The van der Waals surface area contributed by atoms with Crippen molar-refractivity contribution in [3.05, 3.63) is 28.6 Å². The van der Waals surface area contributed by atoms with Crippen molar-refractivity contribution in [1.82, 2.24) is 4.90 Å². The molecule has 0 fully saturated rings. The standard InChI is InChI=1S/C17H24N2OS/c1-5-11(3)10-19(6-2)17(20)16-14(18)13-9-7-8-12(4)15(13)21-16/h7-9,11H,5-6,10,18H2,1-4H3. The number of hydrogen-bond donors (Lipinski definition) is 1. The molecule has 2 N–H and O–H groups in total. The van der Waals surface area contributed by atoms with Crippen molar-refractivity contribution in [2.24, 2.45) is 5.92 Å². The van der Waals surface area contributed by atoms with Crippen molar-refractivity contribution < 1.29 is 4.79 Å². The maximum absolute atomic E-state index is 12.8. The molecule has 0 aliphatic carbocycles. The number of amides is 1. The summed E-state index contributed by atoms with van der Waals surface area (Å²) in [5.74, 6) is 0.571. The van der Waals surface area contributed by atoms with Crippen LogP contribution in [-0.2, 0) is 0 Å². The van der Waals surface area contributed by atoms with Gasteiger partial charge in [-0.15, -0.1) is 11.3 Å². The van der Waals surface area contributed by atoms with Crippen molar-refractivity contribution in [2.75, 3.05) is 18.8 Å². The average molecular weight is 304 g/mol. The molecule has 4 heteroatoms. The van der Waals surface area contributed by atoms with Crippen LogP contribution in [0, 0.1) is 12.8 Å². The third-order valence-corrected chi connectivity index (χ3v) is 5.39. The largest absolute Gasteiger partial charge is 0.397 e. The quantitative estimate of drug-likeness (QED) is 0.895. The lowest BCUT2D eigenvalue weighted by Crippen LogP contribution is -2.34. The van der Waals surface area contributed by atoms with Gasteiger partial charge in [-0.2, -0.15) is 0 Å². The summed E-state index contributed by atoms with van der Waals surface area (Å²) in [5, 5.41) is 1.00. The monoisotopic (exact) mass is 304 g/mol. The lowest BCUT2D eigenvalue weighted by Gasteiger charge is -2.23. The molecule has 1 amide bonds. The number of nitrogen functional groups attached to an aromatic ring is 1.